The van der Waals surface area contributed by atoms with Crippen LogP contribution in [0.5, 0.6) is 5.75 Å². The fourth-order valence-corrected chi connectivity index (χ4v) is 5.49. The predicted octanol–water partition coefficient (Wildman–Crippen LogP) is 8.01. The van der Waals surface area contributed by atoms with Gasteiger partial charge in [0.15, 0.2) is 5.82 Å². The van der Waals surface area contributed by atoms with E-state index in [2.05, 4.69) is 39.9 Å². The Labute approximate surface area is 228 Å². The number of nitrogens with one attached hydrogen (secondary N) is 1. The Morgan fingerprint density at radius 3 is 2.16 bits per heavy atom. The lowest BCUT2D eigenvalue weighted by Crippen LogP contribution is -2.20. The molecule has 2 heterocycles. The molecule has 5 aromatic rings. The van der Waals surface area contributed by atoms with E-state index in [-0.39, 0.29) is 0 Å². The zero-order chi connectivity index (χ0) is 25.2. The van der Waals surface area contributed by atoms with Gasteiger partial charge in [-0.3, -0.25) is 5.43 Å². The number of nitrogens with zero attached hydrogens (tertiary/aromatic N) is 3. The van der Waals surface area contributed by atoms with Gasteiger partial charge in [0.05, 0.1) is 5.70 Å². The van der Waals surface area contributed by atoms with E-state index in [1.54, 1.807) is 23.9 Å². The Morgan fingerprint density at radius 1 is 0.757 bits per heavy atom. The van der Waals surface area contributed by atoms with Crippen molar-refractivity contribution in [1.82, 2.24) is 14.9 Å². The largest absolute Gasteiger partial charge is 0.489 e. The Hall–Kier alpha value is -3.71. The van der Waals surface area contributed by atoms with Crippen LogP contribution in [0.15, 0.2) is 108 Å². The van der Waals surface area contributed by atoms with E-state index in [0.717, 1.165) is 49.6 Å². The van der Waals surface area contributed by atoms with Crippen molar-refractivity contribution >= 4 is 45.6 Å². The number of hydrogen-bond acceptors (Lipinski definition) is 5. The number of fused-ring (bicyclic) bond motifs is 1. The zero-order valence-electron chi connectivity index (χ0n) is 19.4. The summed E-state index contributed by atoms with van der Waals surface area (Å²) in [6, 6.07) is 33.8. The van der Waals surface area contributed by atoms with Gasteiger partial charge in [0.2, 0.25) is 5.16 Å². The minimum Gasteiger partial charge on any atom is -0.489 e. The summed E-state index contributed by atoms with van der Waals surface area (Å²) in [6.07, 6.45) is 0. The van der Waals surface area contributed by atoms with E-state index in [4.69, 9.17) is 27.9 Å². The van der Waals surface area contributed by atoms with Crippen molar-refractivity contribution in [2.45, 2.75) is 11.8 Å². The molecular weight excluding hydrogens is 523 g/mol. The van der Waals surface area contributed by atoms with Crippen molar-refractivity contribution in [1.29, 1.82) is 0 Å². The number of ether oxygens (including phenoxy) is 1. The lowest BCUT2D eigenvalue weighted by Gasteiger charge is -2.24. The molecule has 8 heteroatoms. The molecule has 1 aliphatic heterocycles. The van der Waals surface area contributed by atoms with Gasteiger partial charge in [0.1, 0.15) is 12.4 Å². The van der Waals surface area contributed by atoms with Crippen molar-refractivity contribution < 1.29 is 4.74 Å². The molecule has 0 atom stereocenters. The lowest BCUT2D eigenvalue weighted by atomic mass is 10.1. The van der Waals surface area contributed by atoms with Crippen molar-refractivity contribution in [3.05, 3.63) is 130 Å². The summed E-state index contributed by atoms with van der Waals surface area (Å²) < 4.78 is 7.87. The third kappa shape index (κ3) is 4.96. The Kier molecular flexibility index (Phi) is 6.62. The fourth-order valence-electron chi connectivity index (χ4n) is 4.02. The van der Waals surface area contributed by atoms with Crippen LogP contribution in [0.1, 0.15) is 16.7 Å². The third-order valence-corrected chi connectivity index (χ3v) is 7.58. The first-order chi connectivity index (χ1) is 18.2. The minimum atomic E-state index is 0.349. The van der Waals surface area contributed by atoms with E-state index in [1.165, 1.54) is 0 Å². The Bertz CT molecular complexity index is 1590. The van der Waals surface area contributed by atoms with Gasteiger partial charge in [-0.05, 0) is 53.7 Å². The molecule has 0 fully saturated rings. The number of halogens is 2. The summed E-state index contributed by atoms with van der Waals surface area (Å²) in [4.78, 5) is 1.10. The predicted molar refractivity (Wildman–Crippen MR) is 151 cm³/mol. The van der Waals surface area contributed by atoms with Crippen LogP contribution in [-0.4, -0.2) is 14.9 Å². The second-order valence-corrected chi connectivity index (χ2v) is 10.2. The Morgan fingerprint density at radius 2 is 1.46 bits per heavy atom. The molecule has 0 spiro atoms. The van der Waals surface area contributed by atoms with Crippen molar-refractivity contribution in [3.8, 4) is 17.1 Å². The second kappa shape index (κ2) is 10.3. The van der Waals surface area contributed by atoms with Gasteiger partial charge in [0.25, 0.3) is 0 Å². The van der Waals surface area contributed by atoms with Gasteiger partial charge in [-0.25, -0.2) is 4.68 Å². The average molecular weight is 543 g/mol. The summed E-state index contributed by atoms with van der Waals surface area (Å²) in [5, 5.41) is 10.9. The smallest absolute Gasteiger partial charge is 0.215 e. The molecule has 0 saturated heterocycles. The third-order valence-electron chi connectivity index (χ3n) is 5.90. The van der Waals surface area contributed by atoms with Crippen LogP contribution in [0.4, 0.5) is 0 Å². The van der Waals surface area contributed by atoms with E-state index >= 15 is 0 Å². The highest BCUT2D eigenvalue weighted by Crippen LogP contribution is 2.43. The molecule has 5 nitrogen and oxygen atoms in total. The maximum Gasteiger partial charge on any atom is 0.215 e. The molecule has 1 aromatic heterocycles. The van der Waals surface area contributed by atoms with Crippen LogP contribution < -0.4 is 10.2 Å². The lowest BCUT2D eigenvalue weighted by molar-refractivity contribution is 0.306. The molecule has 182 valence electrons. The van der Waals surface area contributed by atoms with Gasteiger partial charge in [-0.1, -0.05) is 89.9 Å². The minimum absolute atomic E-state index is 0.349. The maximum absolute atomic E-state index is 6.27. The quantitative estimate of drug-likeness (QED) is 0.235. The van der Waals surface area contributed by atoms with Gasteiger partial charge >= 0.3 is 0 Å². The van der Waals surface area contributed by atoms with E-state index < -0.39 is 0 Å². The molecule has 0 bridgehead atoms. The summed E-state index contributed by atoms with van der Waals surface area (Å²) in [5.41, 5.74) is 8.58. The number of rotatable bonds is 6. The van der Waals surface area contributed by atoms with Gasteiger partial charge < -0.3 is 4.74 Å². The van der Waals surface area contributed by atoms with Crippen LogP contribution in [0, 0.1) is 0 Å². The molecule has 0 aliphatic carbocycles. The molecule has 0 saturated carbocycles. The van der Waals surface area contributed by atoms with Crippen LogP contribution in [0.2, 0.25) is 10.0 Å². The zero-order valence-corrected chi connectivity index (χ0v) is 21.8. The standard InChI is InChI=1S/C29H20Cl2N4OS/c30-23-14-11-22(25(31)17-23)18-36-24-15-12-21(13-16-24)28-32-33-29-35(28)34-26(19-7-3-1-4-8-19)27(37-29)20-9-5-2-6-10-20/h1-17,34H,18H2. The van der Waals surface area contributed by atoms with E-state index in [1.807, 2.05) is 71.4 Å². The van der Waals surface area contributed by atoms with E-state index in [0.29, 0.717) is 16.7 Å². The van der Waals surface area contributed by atoms with Crippen LogP contribution in [0.3, 0.4) is 0 Å². The molecule has 6 rings (SSSR count). The van der Waals surface area contributed by atoms with E-state index in [9.17, 15) is 0 Å². The highest BCUT2D eigenvalue weighted by atomic mass is 35.5. The van der Waals surface area contributed by atoms with Crippen LogP contribution in [-0.2, 0) is 6.61 Å². The summed E-state index contributed by atoms with van der Waals surface area (Å²) in [5.74, 6) is 1.45. The molecular formula is C29H20Cl2N4OS. The maximum atomic E-state index is 6.27. The SMILES string of the molecule is Clc1ccc(COc2ccc(-c3nnc4n3NC(c3ccccc3)=C(c3ccccc3)S4)cc2)c(Cl)c1. The molecule has 1 aliphatic rings. The highest BCUT2D eigenvalue weighted by molar-refractivity contribution is 8.08. The van der Waals surface area contributed by atoms with Crippen LogP contribution >= 0.6 is 35.0 Å². The number of thioether (sulfide) groups is 1. The molecule has 37 heavy (non-hydrogen) atoms. The van der Waals surface area contributed by atoms with Crippen molar-refractivity contribution in [2.75, 3.05) is 5.43 Å². The monoisotopic (exact) mass is 542 g/mol. The Balaban J connectivity index is 1.27. The topological polar surface area (TPSA) is 52.0 Å². The molecule has 0 radical (unpaired) electrons. The number of benzene rings is 4. The average Bonchev–Trinajstić information content (AvgIpc) is 3.36. The number of hydrogen-bond donors (Lipinski definition) is 1. The molecule has 1 N–H and O–H groups in total. The van der Waals surface area contributed by atoms with Gasteiger partial charge in [-0.2, -0.15) is 0 Å². The van der Waals surface area contributed by atoms with Crippen molar-refractivity contribution in [2.24, 2.45) is 0 Å². The molecule has 4 aromatic carbocycles. The summed E-state index contributed by atoms with van der Waals surface area (Å²) >= 11 is 13.9. The normalized spacial score (nSPS) is 12.7. The fraction of sp³-hybridized carbons (Fsp3) is 0.0345. The highest BCUT2D eigenvalue weighted by Gasteiger charge is 2.25. The first-order valence-corrected chi connectivity index (χ1v) is 13.2. The van der Waals surface area contributed by atoms with Gasteiger partial charge in [-0.15, -0.1) is 10.2 Å². The summed E-state index contributed by atoms with van der Waals surface area (Å²) in [7, 11) is 0. The molecule has 0 unspecified atom stereocenters. The van der Waals surface area contributed by atoms with Gasteiger partial charge in [0, 0.05) is 31.6 Å². The second-order valence-electron chi connectivity index (χ2n) is 8.34. The first kappa shape index (κ1) is 23.7. The molecule has 0 amide bonds. The summed E-state index contributed by atoms with van der Waals surface area (Å²) in [6.45, 7) is 0.349. The van der Waals surface area contributed by atoms with Crippen LogP contribution in [0.25, 0.3) is 22.0 Å². The first-order valence-electron chi connectivity index (χ1n) is 11.6. The number of aromatic nitrogens is 3. The van der Waals surface area contributed by atoms with Crippen molar-refractivity contribution in [3.63, 3.8) is 0 Å².